The first-order valence-corrected chi connectivity index (χ1v) is 7.15. The zero-order valence-corrected chi connectivity index (χ0v) is 10.2. The summed E-state index contributed by atoms with van der Waals surface area (Å²) < 4.78 is 26.5. The van der Waals surface area contributed by atoms with Crippen molar-refractivity contribution in [3.8, 4) is 6.07 Å². The fourth-order valence-corrected chi connectivity index (χ4v) is 3.38. The van der Waals surface area contributed by atoms with Gasteiger partial charge in [-0.1, -0.05) is 0 Å². The number of rotatable bonds is 3. The van der Waals surface area contributed by atoms with Crippen LogP contribution in [0, 0.1) is 17.2 Å². The zero-order chi connectivity index (χ0) is 12.3. The Kier molecular flexibility index (Phi) is 3.50. The van der Waals surface area contributed by atoms with Crippen molar-refractivity contribution in [3.05, 3.63) is 18.5 Å². The molecular weight excluding hydrogens is 238 g/mol. The summed E-state index contributed by atoms with van der Waals surface area (Å²) in [6.45, 7) is 0. The Hall–Kier alpha value is -1.32. The van der Waals surface area contributed by atoms with Gasteiger partial charge in [0.25, 0.3) is 0 Å². The van der Waals surface area contributed by atoms with Gasteiger partial charge in [-0.05, 0) is 31.7 Å². The molecule has 1 aromatic heterocycles. The summed E-state index contributed by atoms with van der Waals surface area (Å²) in [4.78, 5) is 2.99. The standard InChI is InChI=1S/C11H15N3O2S/c12-7-9-1-3-10(4-2-9)14-17(15,16)11-5-6-13-8-11/h5-6,8-10,13-14H,1-4H2. The molecule has 0 atom stereocenters. The van der Waals surface area contributed by atoms with E-state index in [0.29, 0.717) is 0 Å². The van der Waals surface area contributed by atoms with Gasteiger partial charge >= 0.3 is 0 Å². The molecule has 1 aromatic rings. The topological polar surface area (TPSA) is 85.8 Å². The quantitative estimate of drug-likeness (QED) is 0.853. The van der Waals surface area contributed by atoms with E-state index in [1.165, 1.54) is 12.3 Å². The molecule has 0 amide bonds. The van der Waals surface area contributed by atoms with Crippen molar-refractivity contribution in [2.45, 2.75) is 36.6 Å². The molecule has 5 nitrogen and oxygen atoms in total. The highest BCUT2D eigenvalue weighted by molar-refractivity contribution is 7.89. The highest BCUT2D eigenvalue weighted by Crippen LogP contribution is 2.24. The number of hydrogen-bond acceptors (Lipinski definition) is 3. The van der Waals surface area contributed by atoms with Crippen LogP contribution >= 0.6 is 0 Å². The summed E-state index contributed by atoms with van der Waals surface area (Å²) in [6.07, 6.45) is 6.07. The maximum absolute atomic E-state index is 11.9. The lowest BCUT2D eigenvalue weighted by molar-refractivity contribution is 0.361. The van der Waals surface area contributed by atoms with Gasteiger partial charge in [0, 0.05) is 24.4 Å². The van der Waals surface area contributed by atoms with E-state index in [4.69, 9.17) is 5.26 Å². The molecule has 2 N–H and O–H groups in total. The van der Waals surface area contributed by atoms with Crippen molar-refractivity contribution in [2.75, 3.05) is 0 Å². The smallest absolute Gasteiger partial charge is 0.242 e. The summed E-state index contributed by atoms with van der Waals surface area (Å²) in [5, 5.41) is 8.77. The first-order chi connectivity index (χ1) is 8.12. The van der Waals surface area contributed by atoms with Gasteiger partial charge in [-0.2, -0.15) is 5.26 Å². The van der Waals surface area contributed by atoms with Gasteiger partial charge in [-0.15, -0.1) is 0 Å². The molecule has 0 bridgehead atoms. The second-order valence-corrected chi connectivity index (χ2v) is 6.06. The molecule has 1 heterocycles. The molecule has 0 aromatic carbocycles. The van der Waals surface area contributed by atoms with Gasteiger partial charge in [0.15, 0.2) is 0 Å². The summed E-state index contributed by atoms with van der Waals surface area (Å²) in [6, 6.07) is 3.72. The lowest BCUT2D eigenvalue weighted by Crippen LogP contribution is -2.37. The van der Waals surface area contributed by atoms with Crippen LogP contribution in [0.25, 0.3) is 0 Å². The SMILES string of the molecule is N#CC1CCC(NS(=O)(=O)c2cc[nH]c2)CC1. The summed E-state index contributed by atoms with van der Waals surface area (Å²) in [7, 11) is -3.40. The second-order valence-electron chi connectivity index (χ2n) is 4.35. The van der Waals surface area contributed by atoms with E-state index < -0.39 is 10.0 Å². The molecule has 1 aliphatic carbocycles. The van der Waals surface area contributed by atoms with Crippen molar-refractivity contribution in [2.24, 2.45) is 5.92 Å². The fourth-order valence-electron chi connectivity index (χ4n) is 2.10. The highest BCUT2D eigenvalue weighted by atomic mass is 32.2. The third-order valence-corrected chi connectivity index (χ3v) is 4.63. The van der Waals surface area contributed by atoms with Gasteiger partial charge in [0.1, 0.15) is 0 Å². The van der Waals surface area contributed by atoms with E-state index in [1.807, 2.05) is 0 Å². The Morgan fingerprint density at radius 1 is 1.35 bits per heavy atom. The molecule has 0 radical (unpaired) electrons. The van der Waals surface area contributed by atoms with E-state index in [2.05, 4.69) is 15.8 Å². The Balaban J connectivity index is 1.97. The minimum Gasteiger partial charge on any atom is -0.366 e. The van der Waals surface area contributed by atoms with Crippen LogP contribution < -0.4 is 4.72 Å². The van der Waals surface area contributed by atoms with E-state index >= 15 is 0 Å². The monoisotopic (exact) mass is 253 g/mol. The van der Waals surface area contributed by atoms with Crippen molar-refractivity contribution in [1.82, 2.24) is 9.71 Å². The summed E-state index contributed by atoms with van der Waals surface area (Å²) >= 11 is 0. The number of H-pyrrole nitrogens is 1. The molecule has 0 spiro atoms. The van der Waals surface area contributed by atoms with Crippen LogP contribution in [-0.2, 0) is 10.0 Å². The zero-order valence-electron chi connectivity index (χ0n) is 9.39. The predicted octanol–water partition coefficient (Wildman–Crippen LogP) is 1.38. The predicted molar refractivity (Wildman–Crippen MR) is 62.5 cm³/mol. The third-order valence-electron chi connectivity index (χ3n) is 3.11. The number of nitrogens with one attached hydrogen (secondary N) is 2. The van der Waals surface area contributed by atoms with E-state index in [1.54, 1.807) is 6.20 Å². The summed E-state index contributed by atoms with van der Waals surface area (Å²) in [5.74, 6) is 0.0861. The molecule has 0 unspecified atom stereocenters. The highest BCUT2D eigenvalue weighted by Gasteiger charge is 2.25. The lowest BCUT2D eigenvalue weighted by Gasteiger charge is -2.25. The van der Waals surface area contributed by atoms with Crippen LogP contribution in [0.5, 0.6) is 0 Å². The van der Waals surface area contributed by atoms with Crippen LogP contribution in [0.2, 0.25) is 0 Å². The molecule has 1 aliphatic rings. The van der Waals surface area contributed by atoms with Crippen LogP contribution in [0.3, 0.4) is 0 Å². The average Bonchev–Trinajstić information content (AvgIpc) is 2.84. The van der Waals surface area contributed by atoms with Crippen LogP contribution in [0.15, 0.2) is 23.4 Å². The number of sulfonamides is 1. The number of hydrogen-bond donors (Lipinski definition) is 2. The van der Waals surface area contributed by atoms with Crippen LogP contribution in [-0.4, -0.2) is 19.4 Å². The van der Waals surface area contributed by atoms with Gasteiger partial charge in [-0.25, -0.2) is 13.1 Å². The first kappa shape index (κ1) is 12.1. The van der Waals surface area contributed by atoms with Crippen LogP contribution in [0.4, 0.5) is 0 Å². The summed E-state index contributed by atoms with van der Waals surface area (Å²) in [5.41, 5.74) is 0. The molecule has 0 aliphatic heterocycles. The Morgan fingerprint density at radius 3 is 2.59 bits per heavy atom. The number of aromatic amines is 1. The van der Waals surface area contributed by atoms with E-state index in [9.17, 15) is 8.42 Å². The molecule has 1 saturated carbocycles. The van der Waals surface area contributed by atoms with Crippen molar-refractivity contribution < 1.29 is 8.42 Å². The lowest BCUT2D eigenvalue weighted by atomic mass is 9.88. The average molecular weight is 253 g/mol. The maximum Gasteiger partial charge on any atom is 0.242 e. The van der Waals surface area contributed by atoms with Crippen LogP contribution in [0.1, 0.15) is 25.7 Å². The Bertz CT molecular complexity index is 493. The maximum atomic E-state index is 11.9. The normalized spacial score (nSPS) is 25.4. The van der Waals surface area contributed by atoms with Crippen molar-refractivity contribution >= 4 is 10.0 Å². The minimum absolute atomic E-state index is 0.0421. The fraction of sp³-hybridized carbons (Fsp3) is 0.545. The van der Waals surface area contributed by atoms with E-state index in [-0.39, 0.29) is 16.9 Å². The molecule has 92 valence electrons. The van der Waals surface area contributed by atoms with Gasteiger partial charge in [-0.3, -0.25) is 0 Å². The number of nitrogens with zero attached hydrogens (tertiary/aromatic N) is 1. The number of aromatic nitrogens is 1. The number of nitriles is 1. The first-order valence-electron chi connectivity index (χ1n) is 5.66. The largest absolute Gasteiger partial charge is 0.366 e. The van der Waals surface area contributed by atoms with Gasteiger partial charge < -0.3 is 4.98 Å². The minimum atomic E-state index is -3.40. The van der Waals surface area contributed by atoms with Crippen molar-refractivity contribution in [3.63, 3.8) is 0 Å². The third kappa shape index (κ3) is 2.87. The Morgan fingerprint density at radius 2 is 2.06 bits per heavy atom. The molecule has 6 heteroatoms. The molecule has 17 heavy (non-hydrogen) atoms. The van der Waals surface area contributed by atoms with Gasteiger partial charge in [0.05, 0.1) is 11.0 Å². The second kappa shape index (κ2) is 4.90. The molecular formula is C11H15N3O2S. The molecule has 2 rings (SSSR count). The van der Waals surface area contributed by atoms with E-state index in [0.717, 1.165) is 25.7 Å². The Labute approximate surface area is 101 Å². The van der Waals surface area contributed by atoms with Gasteiger partial charge in [0.2, 0.25) is 10.0 Å². The molecule has 1 fully saturated rings. The van der Waals surface area contributed by atoms with Crippen molar-refractivity contribution in [1.29, 1.82) is 5.26 Å². The molecule has 0 saturated heterocycles.